The smallest absolute Gasteiger partial charge is 0.252 e. The second kappa shape index (κ2) is 8.87. The molecule has 5 rings (SSSR count). The first kappa shape index (κ1) is 22.6. The number of fused-ring (bicyclic) bond motifs is 1. The summed E-state index contributed by atoms with van der Waals surface area (Å²) in [6, 6.07) is 6.79. The largest absolute Gasteiger partial charge is 0.365 e. The number of hydrogen-bond donors (Lipinski definition) is 4. The van der Waals surface area contributed by atoms with E-state index in [1.165, 1.54) is 12.8 Å². The van der Waals surface area contributed by atoms with Gasteiger partial charge in [0.05, 0.1) is 16.8 Å². The summed E-state index contributed by atoms with van der Waals surface area (Å²) < 4.78 is 16.9. The maximum absolute atomic E-state index is 14.9. The molecule has 2 aliphatic rings. The number of amides is 1. The van der Waals surface area contributed by atoms with Crippen LogP contribution in [0.2, 0.25) is 0 Å². The van der Waals surface area contributed by atoms with E-state index in [-0.39, 0.29) is 29.3 Å². The Morgan fingerprint density at radius 3 is 2.62 bits per heavy atom. The molecule has 0 radical (unpaired) electrons. The minimum Gasteiger partial charge on any atom is -0.365 e. The van der Waals surface area contributed by atoms with E-state index in [2.05, 4.69) is 22.5 Å². The number of aryl methyl sites for hydroxylation is 1. The number of primary amides is 1. The van der Waals surface area contributed by atoms with Crippen molar-refractivity contribution in [1.82, 2.24) is 14.8 Å². The minimum atomic E-state index is -0.749. The summed E-state index contributed by atoms with van der Waals surface area (Å²) >= 11 is 0. The van der Waals surface area contributed by atoms with Gasteiger partial charge in [0.2, 0.25) is 0 Å². The third-order valence-electron chi connectivity index (χ3n) is 6.79. The zero-order valence-electron chi connectivity index (χ0n) is 19.6. The molecule has 0 saturated heterocycles. The molecule has 3 aromatic rings. The number of carbonyl (C=O) groups excluding carboxylic acids is 1. The number of nitrogens with one attached hydrogen (secondary N) is 2. The van der Waals surface area contributed by atoms with E-state index >= 15 is 0 Å². The summed E-state index contributed by atoms with van der Waals surface area (Å²) in [6.45, 7) is 4.76. The summed E-state index contributed by atoms with van der Waals surface area (Å²) in [5.41, 5.74) is 14.6. The van der Waals surface area contributed by atoms with Gasteiger partial charge in [0.25, 0.3) is 5.91 Å². The zero-order chi connectivity index (χ0) is 24.0. The van der Waals surface area contributed by atoms with Crippen LogP contribution in [0, 0.1) is 11.7 Å². The van der Waals surface area contributed by atoms with Crippen molar-refractivity contribution < 1.29 is 9.18 Å². The fraction of sp³-hybridized carbons (Fsp3) is 0.480. The third kappa shape index (κ3) is 4.57. The first-order valence-electron chi connectivity index (χ1n) is 12.1. The van der Waals surface area contributed by atoms with Gasteiger partial charge in [-0.1, -0.05) is 12.8 Å². The Balaban J connectivity index is 1.48. The number of hydrogen-bond acceptors (Lipinski definition) is 6. The van der Waals surface area contributed by atoms with Crippen LogP contribution in [-0.2, 0) is 6.54 Å². The zero-order valence-corrected chi connectivity index (χ0v) is 19.6. The van der Waals surface area contributed by atoms with E-state index < -0.39 is 11.7 Å². The summed E-state index contributed by atoms with van der Waals surface area (Å²) in [5, 5.41) is 12.2. The van der Waals surface area contributed by atoms with Gasteiger partial charge in [0, 0.05) is 35.6 Å². The minimum absolute atomic E-state index is 0.00523. The van der Waals surface area contributed by atoms with Gasteiger partial charge in [0.1, 0.15) is 5.82 Å². The average molecular weight is 466 g/mol. The molecule has 34 heavy (non-hydrogen) atoms. The number of benzene rings is 1. The van der Waals surface area contributed by atoms with E-state index in [4.69, 9.17) is 16.6 Å². The van der Waals surface area contributed by atoms with E-state index in [9.17, 15) is 9.18 Å². The highest BCUT2D eigenvalue weighted by atomic mass is 19.1. The van der Waals surface area contributed by atoms with Crippen molar-refractivity contribution in [1.29, 1.82) is 0 Å². The molecule has 2 fully saturated rings. The van der Waals surface area contributed by atoms with E-state index in [1.54, 1.807) is 0 Å². The number of aromatic nitrogens is 3. The summed E-state index contributed by atoms with van der Waals surface area (Å²) in [6.07, 6.45) is 5.51. The molecule has 0 aliphatic heterocycles. The van der Waals surface area contributed by atoms with Gasteiger partial charge in [-0.15, -0.1) is 0 Å². The van der Waals surface area contributed by atoms with Gasteiger partial charge >= 0.3 is 0 Å². The summed E-state index contributed by atoms with van der Waals surface area (Å²) in [7, 11) is 0. The van der Waals surface area contributed by atoms with Gasteiger partial charge in [-0.2, -0.15) is 5.10 Å². The van der Waals surface area contributed by atoms with E-state index in [0.717, 1.165) is 54.2 Å². The van der Waals surface area contributed by atoms with Crippen molar-refractivity contribution >= 4 is 34.1 Å². The molecule has 9 heteroatoms. The lowest BCUT2D eigenvalue weighted by Gasteiger charge is -2.24. The Morgan fingerprint density at radius 1 is 1.24 bits per heavy atom. The first-order chi connectivity index (χ1) is 16.3. The Morgan fingerprint density at radius 2 is 2.00 bits per heavy atom. The van der Waals surface area contributed by atoms with Gasteiger partial charge in [-0.3, -0.25) is 9.48 Å². The van der Waals surface area contributed by atoms with Crippen LogP contribution in [0.5, 0.6) is 0 Å². The van der Waals surface area contributed by atoms with Crippen LogP contribution in [0.25, 0.3) is 10.9 Å². The molecule has 180 valence electrons. The van der Waals surface area contributed by atoms with Crippen molar-refractivity contribution in [3.05, 3.63) is 41.3 Å². The lowest BCUT2D eigenvalue weighted by Crippen LogP contribution is -2.39. The molecule has 1 amide bonds. The molecule has 2 atom stereocenters. The first-order valence-corrected chi connectivity index (χ1v) is 12.1. The molecule has 2 heterocycles. The molecule has 2 saturated carbocycles. The number of anilines is 3. The second-order valence-electron chi connectivity index (χ2n) is 9.70. The number of carbonyl (C=O) groups is 1. The molecular formula is C25H32FN7O. The quantitative estimate of drug-likeness (QED) is 0.355. The Labute approximate surface area is 198 Å². The van der Waals surface area contributed by atoms with Crippen LogP contribution in [0.1, 0.15) is 67.9 Å². The maximum atomic E-state index is 14.9. The second-order valence-corrected chi connectivity index (χ2v) is 9.70. The average Bonchev–Trinajstić information content (AvgIpc) is 3.73. The number of nitrogens with two attached hydrogens (primary N) is 2. The maximum Gasteiger partial charge on any atom is 0.252 e. The number of rotatable bonds is 10. The Hall–Kier alpha value is -3.20. The van der Waals surface area contributed by atoms with Crippen LogP contribution in [-0.4, -0.2) is 32.8 Å². The van der Waals surface area contributed by atoms with Gasteiger partial charge in [0.15, 0.2) is 11.6 Å². The van der Waals surface area contributed by atoms with Crippen LogP contribution in [0.4, 0.5) is 21.7 Å². The van der Waals surface area contributed by atoms with E-state index in [1.807, 2.05) is 29.8 Å². The molecule has 0 bridgehead atoms. The van der Waals surface area contributed by atoms with E-state index in [0.29, 0.717) is 11.8 Å². The molecule has 2 aromatic heterocycles. The Kier molecular flexibility index (Phi) is 5.89. The monoisotopic (exact) mass is 465 g/mol. The van der Waals surface area contributed by atoms with Crippen molar-refractivity contribution in [2.45, 2.75) is 70.5 Å². The molecule has 8 nitrogen and oxygen atoms in total. The highest BCUT2D eigenvalue weighted by Crippen LogP contribution is 2.43. The lowest BCUT2D eigenvalue weighted by atomic mass is 10.0. The predicted molar refractivity (Wildman–Crippen MR) is 132 cm³/mol. The molecule has 6 N–H and O–H groups in total. The van der Waals surface area contributed by atoms with Crippen molar-refractivity contribution in [2.75, 3.05) is 10.6 Å². The third-order valence-corrected chi connectivity index (χ3v) is 6.79. The van der Waals surface area contributed by atoms with Gasteiger partial charge in [-0.25, -0.2) is 9.37 Å². The number of pyridine rings is 1. The molecule has 1 aromatic carbocycles. The van der Waals surface area contributed by atoms with Crippen molar-refractivity contribution in [3.63, 3.8) is 0 Å². The highest BCUT2D eigenvalue weighted by molar-refractivity contribution is 5.99. The standard InChI is InChI=1S/C25H32FN7O/c1-3-33-21-9-8-16(11-17(21)22(32-33)15-6-7-15)29-24-18(23(28)34)12-19(26)25(31-24)30-20(13(2)27)10-14-4-5-14/h8-9,11-15,20H,3-7,10,27H2,1-2H3,(H2,28,34)(H2,29,30,31)/t13-,20+/m0/s1. The van der Waals surface area contributed by atoms with Gasteiger partial charge in [-0.05, 0) is 63.3 Å². The molecule has 0 spiro atoms. The van der Waals surface area contributed by atoms with Crippen LogP contribution < -0.4 is 22.1 Å². The topological polar surface area (TPSA) is 124 Å². The van der Waals surface area contributed by atoms with Crippen molar-refractivity contribution in [2.24, 2.45) is 17.4 Å². The Bertz CT molecular complexity index is 1230. The summed E-state index contributed by atoms with van der Waals surface area (Å²) in [4.78, 5) is 16.5. The van der Waals surface area contributed by atoms with Gasteiger partial charge < -0.3 is 22.1 Å². The predicted octanol–water partition coefficient (Wildman–Crippen LogP) is 4.24. The number of nitrogens with zero attached hydrogens (tertiary/aromatic N) is 3. The number of halogens is 1. The normalized spacial score (nSPS) is 17.5. The SMILES string of the molecule is CCn1nc(C2CC2)c2cc(Nc3nc(N[C@H](CC4CC4)[C@H](C)N)c(F)cc3C(N)=O)ccc21. The fourth-order valence-electron chi connectivity index (χ4n) is 4.48. The molecule has 2 aliphatic carbocycles. The van der Waals surface area contributed by atoms with Crippen LogP contribution in [0.15, 0.2) is 24.3 Å². The highest BCUT2D eigenvalue weighted by Gasteiger charge is 2.30. The fourth-order valence-corrected chi connectivity index (χ4v) is 4.48. The van der Waals surface area contributed by atoms with Crippen LogP contribution >= 0.6 is 0 Å². The lowest BCUT2D eigenvalue weighted by molar-refractivity contribution is 0.100. The summed E-state index contributed by atoms with van der Waals surface area (Å²) in [5.74, 6) is 0.00581. The molecule has 0 unspecified atom stereocenters. The van der Waals surface area contributed by atoms with Crippen LogP contribution in [0.3, 0.4) is 0 Å². The van der Waals surface area contributed by atoms with Crippen molar-refractivity contribution in [3.8, 4) is 0 Å². The molecular weight excluding hydrogens is 433 g/mol.